The van der Waals surface area contributed by atoms with E-state index in [0.717, 1.165) is 31.4 Å². The molecule has 2 aliphatic rings. The third-order valence-electron chi connectivity index (χ3n) is 4.14. The van der Waals surface area contributed by atoms with Gasteiger partial charge in [0.1, 0.15) is 5.83 Å². The van der Waals surface area contributed by atoms with Crippen molar-refractivity contribution in [3.63, 3.8) is 0 Å². The maximum atomic E-state index is 13.4. The molecule has 0 heterocycles. The molecule has 1 nitrogen and oxygen atoms in total. The van der Waals surface area contributed by atoms with Crippen LogP contribution in [0.25, 0.3) is 0 Å². The summed E-state index contributed by atoms with van der Waals surface area (Å²) < 4.78 is 18.7. The number of hydrogen-bond donors (Lipinski definition) is 0. The van der Waals surface area contributed by atoms with E-state index in [2.05, 4.69) is 0 Å². The van der Waals surface area contributed by atoms with E-state index in [1.165, 1.54) is 25.7 Å². The van der Waals surface area contributed by atoms with Crippen molar-refractivity contribution >= 4 is 0 Å². The van der Waals surface area contributed by atoms with E-state index in [9.17, 15) is 4.39 Å². The minimum Gasteiger partial charge on any atom is -0.501 e. The molecule has 2 aliphatic carbocycles. The maximum Gasteiger partial charge on any atom is 0.122 e. The second kappa shape index (κ2) is 5.03. The predicted octanol–water partition coefficient (Wildman–Crippen LogP) is 4.50. The van der Waals surface area contributed by atoms with Crippen LogP contribution in [-0.4, -0.2) is 7.11 Å². The maximum absolute atomic E-state index is 13.4. The summed E-state index contributed by atoms with van der Waals surface area (Å²) in [7, 11) is 1.64. The average molecular weight is 224 g/mol. The normalized spacial score (nSPS) is 31.9. The van der Waals surface area contributed by atoms with E-state index >= 15 is 0 Å². The van der Waals surface area contributed by atoms with Gasteiger partial charge in [0.2, 0.25) is 0 Å². The third-order valence-corrected chi connectivity index (χ3v) is 4.14. The lowest BCUT2D eigenvalue weighted by atomic mass is 9.77. The van der Waals surface area contributed by atoms with Gasteiger partial charge in [0, 0.05) is 12.5 Å². The van der Waals surface area contributed by atoms with Gasteiger partial charge in [0.15, 0.2) is 0 Å². The Morgan fingerprint density at radius 1 is 1.19 bits per heavy atom. The van der Waals surface area contributed by atoms with Crippen molar-refractivity contribution < 1.29 is 9.13 Å². The lowest BCUT2D eigenvalue weighted by Crippen LogP contribution is -2.16. The molecule has 90 valence electrons. The monoisotopic (exact) mass is 224 g/mol. The molecule has 0 aromatic heterocycles. The smallest absolute Gasteiger partial charge is 0.122 e. The Bertz CT molecular complexity index is 298. The molecule has 0 unspecified atom stereocenters. The first-order valence-corrected chi connectivity index (χ1v) is 6.34. The number of halogens is 1. The van der Waals surface area contributed by atoms with Crippen LogP contribution in [0.15, 0.2) is 23.7 Å². The molecule has 1 fully saturated rings. The van der Waals surface area contributed by atoms with Gasteiger partial charge in [-0.3, -0.25) is 0 Å². The molecule has 0 aromatic carbocycles. The van der Waals surface area contributed by atoms with E-state index in [-0.39, 0.29) is 5.83 Å². The molecular weight excluding hydrogens is 203 g/mol. The minimum absolute atomic E-state index is 0.133. The Hall–Kier alpha value is -0.790. The fourth-order valence-electron chi connectivity index (χ4n) is 3.10. The Morgan fingerprint density at radius 2 is 1.94 bits per heavy atom. The molecule has 1 spiro atoms. The molecule has 0 saturated heterocycles. The predicted molar refractivity (Wildman–Crippen MR) is 63.7 cm³/mol. The fraction of sp³-hybridized carbons (Fsp3) is 0.714. The van der Waals surface area contributed by atoms with Gasteiger partial charge in [-0.25, -0.2) is 4.39 Å². The van der Waals surface area contributed by atoms with Crippen LogP contribution in [0.4, 0.5) is 4.39 Å². The number of ether oxygens (including phenoxy) is 1. The molecule has 1 saturated carbocycles. The standard InChI is InChI=1S/C14H21FO/c1-16-13-6-10-14(7-2-3-8-14)9-4-5-12(15)11-13/h5,11H,2-4,6-10H2,1H3/b12-5+,13-11+. The summed E-state index contributed by atoms with van der Waals surface area (Å²) in [5, 5.41) is 0. The minimum atomic E-state index is -0.133. The number of methoxy groups -OCH3 is 1. The Morgan fingerprint density at radius 3 is 2.62 bits per heavy atom. The summed E-state index contributed by atoms with van der Waals surface area (Å²) in [6.45, 7) is 0. The van der Waals surface area contributed by atoms with Crippen molar-refractivity contribution in [2.24, 2.45) is 5.41 Å². The van der Waals surface area contributed by atoms with Crippen molar-refractivity contribution in [1.82, 2.24) is 0 Å². The zero-order valence-corrected chi connectivity index (χ0v) is 10.1. The van der Waals surface area contributed by atoms with Crippen LogP contribution in [0.3, 0.4) is 0 Å². The molecule has 2 rings (SSSR count). The number of rotatable bonds is 1. The first kappa shape index (κ1) is 11.7. The molecular formula is C14H21FO. The molecule has 0 aliphatic heterocycles. The van der Waals surface area contributed by atoms with Gasteiger partial charge in [0.25, 0.3) is 0 Å². The van der Waals surface area contributed by atoms with Crippen LogP contribution in [0, 0.1) is 5.41 Å². The van der Waals surface area contributed by atoms with Crippen molar-refractivity contribution in [3.8, 4) is 0 Å². The van der Waals surface area contributed by atoms with Crippen molar-refractivity contribution in [2.45, 2.75) is 51.4 Å². The first-order chi connectivity index (χ1) is 7.74. The second-order valence-electron chi connectivity index (χ2n) is 5.15. The Balaban J connectivity index is 2.11. The third kappa shape index (κ3) is 2.66. The first-order valence-electron chi connectivity index (χ1n) is 6.34. The van der Waals surface area contributed by atoms with Crippen LogP contribution in [0.5, 0.6) is 0 Å². The van der Waals surface area contributed by atoms with Crippen LogP contribution in [-0.2, 0) is 4.74 Å². The molecule has 0 bridgehead atoms. The van der Waals surface area contributed by atoms with Crippen LogP contribution < -0.4 is 0 Å². The summed E-state index contributed by atoms with van der Waals surface area (Å²) >= 11 is 0. The number of allylic oxidation sites excluding steroid dienone is 4. The van der Waals surface area contributed by atoms with Crippen molar-refractivity contribution in [2.75, 3.05) is 7.11 Å². The summed E-state index contributed by atoms with van der Waals surface area (Å²) in [6.07, 6.45) is 12.7. The van der Waals surface area contributed by atoms with Crippen LogP contribution in [0.2, 0.25) is 0 Å². The van der Waals surface area contributed by atoms with E-state index in [4.69, 9.17) is 4.74 Å². The lowest BCUT2D eigenvalue weighted by Gasteiger charge is -2.28. The highest BCUT2D eigenvalue weighted by Gasteiger charge is 2.33. The molecule has 0 aromatic rings. The molecule has 0 N–H and O–H groups in total. The zero-order valence-electron chi connectivity index (χ0n) is 10.1. The highest BCUT2D eigenvalue weighted by Crippen LogP contribution is 2.46. The molecule has 2 heteroatoms. The SMILES string of the molecule is CO/C1=C/C(F)=C\CCC2(CCCC2)CC1. The van der Waals surface area contributed by atoms with E-state index < -0.39 is 0 Å². The van der Waals surface area contributed by atoms with Crippen molar-refractivity contribution in [1.29, 1.82) is 0 Å². The number of hydrogen-bond acceptors (Lipinski definition) is 1. The summed E-state index contributed by atoms with van der Waals surface area (Å²) in [6, 6.07) is 0. The zero-order chi connectivity index (χ0) is 11.4. The summed E-state index contributed by atoms with van der Waals surface area (Å²) in [4.78, 5) is 0. The van der Waals surface area contributed by atoms with Gasteiger partial charge in [-0.2, -0.15) is 0 Å². The highest BCUT2D eigenvalue weighted by molar-refractivity contribution is 5.16. The largest absolute Gasteiger partial charge is 0.501 e. The lowest BCUT2D eigenvalue weighted by molar-refractivity contribution is 0.215. The summed E-state index contributed by atoms with van der Waals surface area (Å²) in [5.41, 5.74) is 0.471. The van der Waals surface area contributed by atoms with Gasteiger partial charge in [-0.15, -0.1) is 0 Å². The molecule has 16 heavy (non-hydrogen) atoms. The molecule has 0 amide bonds. The van der Waals surface area contributed by atoms with Gasteiger partial charge < -0.3 is 4.74 Å². The Kier molecular flexibility index (Phi) is 3.67. The Labute approximate surface area is 97.4 Å². The van der Waals surface area contributed by atoms with E-state index in [0.29, 0.717) is 5.41 Å². The van der Waals surface area contributed by atoms with Gasteiger partial charge in [-0.1, -0.05) is 12.8 Å². The van der Waals surface area contributed by atoms with Crippen molar-refractivity contribution in [3.05, 3.63) is 23.7 Å². The van der Waals surface area contributed by atoms with Crippen LogP contribution >= 0.6 is 0 Å². The quantitative estimate of drug-likeness (QED) is 0.637. The van der Waals surface area contributed by atoms with Gasteiger partial charge in [-0.05, 0) is 43.6 Å². The van der Waals surface area contributed by atoms with E-state index in [1.54, 1.807) is 19.3 Å². The molecule has 0 atom stereocenters. The van der Waals surface area contributed by atoms with Gasteiger partial charge >= 0.3 is 0 Å². The fourth-order valence-corrected chi connectivity index (χ4v) is 3.10. The van der Waals surface area contributed by atoms with E-state index in [1.807, 2.05) is 0 Å². The van der Waals surface area contributed by atoms with Gasteiger partial charge in [0.05, 0.1) is 12.9 Å². The molecule has 0 radical (unpaired) electrons. The topological polar surface area (TPSA) is 9.23 Å². The second-order valence-corrected chi connectivity index (χ2v) is 5.15. The average Bonchev–Trinajstić information content (AvgIpc) is 2.75. The summed E-state index contributed by atoms with van der Waals surface area (Å²) in [5.74, 6) is 0.661. The highest BCUT2D eigenvalue weighted by atomic mass is 19.1. The van der Waals surface area contributed by atoms with Crippen LogP contribution in [0.1, 0.15) is 51.4 Å².